The first-order chi connectivity index (χ1) is 3.50. The van der Waals surface area contributed by atoms with E-state index in [-0.39, 0.29) is 0 Å². The fourth-order valence-corrected chi connectivity index (χ4v) is 5.92. The molecule has 0 aromatic carbocycles. The standard InChI is InChI=1S/C5H8Se2/c1-2-4-6-7-5-3-1/h2,4H,1,3,5H2. The molecule has 1 rings (SSSR count). The van der Waals surface area contributed by atoms with Crippen molar-refractivity contribution < 1.29 is 0 Å². The van der Waals surface area contributed by atoms with E-state index in [0.717, 1.165) is 26.3 Å². The predicted octanol–water partition coefficient (Wildman–Crippen LogP) is 1.04. The van der Waals surface area contributed by atoms with E-state index < -0.39 is 0 Å². The Hall–Kier alpha value is 0.779. The Labute approximate surface area is 55.6 Å². The van der Waals surface area contributed by atoms with Crippen molar-refractivity contribution in [3.8, 4) is 0 Å². The number of hydrogen-bond acceptors (Lipinski definition) is 0. The summed E-state index contributed by atoms with van der Waals surface area (Å²) in [6, 6.07) is 0. The molecule has 0 unspecified atom stereocenters. The topological polar surface area (TPSA) is 0 Å². The molecule has 0 amide bonds. The van der Waals surface area contributed by atoms with Crippen molar-refractivity contribution >= 4 is 26.3 Å². The zero-order valence-corrected chi connectivity index (χ0v) is 7.52. The Morgan fingerprint density at radius 3 is 3.43 bits per heavy atom. The summed E-state index contributed by atoms with van der Waals surface area (Å²) < 4.78 is 0. The van der Waals surface area contributed by atoms with Gasteiger partial charge in [-0.2, -0.15) is 0 Å². The summed E-state index contributed by atoms with van der Waals surface area (Å²) in [6.45, 7) is 0. The normalized spacial score (nSPS) is 21.7. The van der Waals surface area contributed by atoms with E-state index in [0.29, 0.717) is 0 Å². The summed E-state index contributed by atoms with van der Waals surface area (Å²) in [7, 11) is 0. The molecule has 0 nitrogen and oxygen atoms in total. The Kier molecular flexibility index (Phi) is 3.16. The molecule has 0 aromatic rings. The molecule has 0 aromatic heterocycles. The van der Waals surface area contributed by atoms with Gasteiger partial charge in [0.15, 0.2) is 0 Å². The first-order valence-corrected chi connectivity index (χ1v) is 8.97. The van der Waals surface area contributed by atoms with Crippen molar-refractivity contribution in [2.24, 2.45) is 0 Å². The minimum absolute atomic E-state index is 0.920. The molecule has 0 bridgehead atoms. The van der Waals surface area contributed by atoms with Crippen LogP contribution in [0.2, 0.25) is 5.32 Å². The summed E-state index contributed by atoms with van der Waals surface area (Å²) in [4.78, 5) is 2.39. The van der Waals surface area contributed by atoms with Crippen molar-refractivity contribution in [3.05, 3.63) is 11.1 Å². The van der Waals surface area contributed by atoms with Gasteiger partial charge in [0.05, 0.1) is 0 Å². The second-order valence-electron chi connectivity index (χ2n) is 1.43. The predicted molar refractivity (Wildman–Crippen MR) is 34.7 cm³/mol. The van der Waals surface area contributed by atoms with Crippen molar-refractivity contribution in [2.75, 3.05) is 0 Å². The summed E-state index contributed by atoms with van der Waals surface area (Å²) in [6.07, 6.45) is 5.15. The molecule has 1 aliphatic heterocycles. The van der Waals surface area contributed by atoms with Crippen LogP contribution in [0, 0.1) is 0 Å². The van der Waals surface area contributed by atoms with E-state index in [1.165, 1.54) is 18.2 Å². The molecule has 0 aliphatic carbocycles. The molecule has 0 N–H and O–H groups in total. The Bertz CT molecular complexity index is 60.5. The van der Waals surface area contributed by atoms with Crippen LogP contribution in [-0.4, -0.2) is 26.3 Å². The third-order valence-electron chi connectivity index (χ3n) is 0.818. The van der Waals surface area contributed by atoms with E-state index in [4.69, 9.17) is 0 Å². The summed E-state index contributed by atoms with van der Waals surface area (Å²) in [5, 5.41) is 1.53. The summed E-state index contributed by atoms with van der Waals surface area (Å²) >= 11 is 1.93. The van der Waals surface area contributed by atoms with E-state index in [1.54, 1.807) is 0 Å². The third-order valence-corrected chi connectivity index (χ3v) is 7.21. The Morgan fingerprint density at radius 2 is 2.43 bits per heavy atom. The SMILES string of the molecule is C1=C[Se][Se]CCC1. The van der Waals surface area contributed by atoms with Crippen molar-refractivity contribution in [1.82, 2.24) is 0 Å². The zero-order chi connectivity index (χ0) is 4.95. The van der Waals surface area contributed by atoms with Gasteiger partial charge in [0.1, 0.15) is 0 Å². The fraction of sp³-hybridized carbons (Fsp3) is 0.600. The van der Waals surface area contributed by atoms with Gasteiger partial charge in [0, 0.05) is 0 Å². The van der Waals surface area contributed by atoms with Gasteiger partial charge in [0.2, 0.25) is 0 Å². The molecule has 0 spiro atoms. The van der Waals surface area contributed by atoms with Crippen LogP contribution in [0.5, 0.6) is 0 Å². The maximum atomic E-state index is 2.39. The van der Waals surface area contributed by atoms with E-state index >= 15 is 0 Å². The molecule has 0 saturated carbocycles. The minimum atomic E-state index is 0.920. The third kappa shape index (κ3) is 2.56. The van der Waals surface area contributed by atoms with Crippen molar-refractivity contribution in [2.45, 2.75) is 18.2 Å². The van der Waals surface area contributed by atoms with E-state index in [1.807, 2.05) is 0 Å². The number of allylic oxidation sites excluding steroid dienone is 1. The van der Waals surface area contributed by atoms with Gasteiger partial charge in [-0.1, -0.05) is 0 Å². The van der Waals surface area contributed by atoms with Crippen LogP contribution in [-0.2, 0) is 0 Å². The zero-order valence-electron chi connectivity index (χ0n) is 4.09. The Morgan fingerprint density at radius 1 is 1.43 bits per heavy atom. The first kappa shape index (κ1) is 5.91. The van der Waals surface area contributed by atoms with Crippen LogP contribution in [0.15, 0.2) is 11.1 Å². The van der Waals surface area contributed by atoms with Gasteiger partial charge >= 0.3 is 55.5 Å². The molecular weight excluding hydrogens is 218 g/mol. The molecule has 0 fully saturated rings. The number of hydrogen-bond donors (Lipinski definition) is 0. The van der Waals surface area contributed by atoms with Crippen LogP contribution in [0.1, 0.15) is 12.8 Å². The maximum absolute atomic E-state index is 2.39. The van der Waals surface area contributed by atoms with Gasteiger partial charge in [-0.3, -0.25) is 0 Å². The van der Waals surface area contributed by atoms with Crippen LogP contribution in [0.25, 0.3) is 0 Å². The van der Waals surface area contributed by atoms with E-state index in [9.17, 15) is 0 Å². The summed E-state index contributed by atoms with van der Waals surface area (Å²) in [5.41, 5.74) is 0. The second-order valence-corrected chi connectivity index (χ2v) is 8.43. The van der Waals surface area contributed by atoms with Gasteiger partial charge in [-0.25, -0.2) is 0 Å². The van der Waals surface area contributed by atoms with Crippen LogP contribution >= 0.6 is 0 Å². The van der Waals surface area contributed by atoms with Crippen molar-refractivity contribution in [3.63, 3.8) is 0 Å². The molecule has 1 aliphatic rings. The van der Waals surface area contributed by atoms with E-state index in [2.05, 4.69) is 11.1 Å². The molecule has 0 saturated heterocycles. The fourth-order valence-electron chi connectivity index (χ4n) is 0.455. The van der Waals surface area contributed by atoms with Gasteiger partial charge in [0.25, 0.3) is 0 Å². The summed E-state index contributed by atoms with van der Waals surface area (Å²) in [5.74, 6) is 0. The van der Waals surface area contributed by atoms with Crippen LogP contribution in [0.3, 0.4) is 0 Å². The quantitative estimate of drug-likeness (QED) is 0.541. The molecule has 2 heteroatoms. The molecule has 0 radical (unpaired) electrons. The monoisotopic (exact) mass is 228 g/mol. The van der Waals surface area contributed by atoms with Crippen molar-refractivity contribution in [1.29, 1.82) is 0 Å². The Balaban J connectivity index is 2.20. The molecule has 0 atom stereocenters. The number of rotatable bonds is 0. The average molecular weight is 226 g/mol. The van der Waals surface area contributed by atoms with Gasteiger partial charge in [-0.05, 0) is 0 Å². The first-order valence-electron chi connectivity index (χ1n) is 2.43. The second kappa shape index (κ2) is 3.74. The average Bonchev–Trinajstić information content (AvgIpc) is 1.90. The molecular formula is C5H8Se2. The van der Waals surface area contributed by atoms with Crippen LogP contribution in [0.4, 0.5) is 0 Å². The molecule has 1 heterocycles. The molecule has 7 heavy (non-hydrogen) atoms. The molecule has 40 valence electrons. The van der Waals surface area contributed by atoms with Crippen LogP contribution < -0.4 is 0 Å². The van der Waals surface area contributed by atoms with Gasteiger partial charge < -0.3 is 0 Å². The van der Waals surface area contributed by atoms with Gasteiger partial charge in [-0.15, -0.1) is 0 Å².